The highest BCUT2D eigenvalue weighted by molar-refractivity contribution is 9.10. The number of methoxy groups -OCH3 is 1. The third-order valence-electron chi connectivity index (χ3n) is 5.30. The maximum absolute atomic E-state index is 12.7. The number of carbonyl (C=O) groups excluding carboxylic acids is 1. The normalized spacial score (nSPS) is 24.0. The summed E-state index contributed by atoms with van der Waals surface area (Å²) in [4.78, 5) is 12.7. The van der Waals surface area contributed by atoms with Crippen LogP contribution in [-0.4, -0.2) is 19.6 Å². The highest BCUT2D eigenvalue weighted by atomic mass is 79.9. The highest BCUT2D eigenvalue weighted by Crippen LogP contribution is 2.38. The van der Waals surface area contributed by atoms with E-state index >= 15 is 0 Å². The van der Waals surface area contributed by atoms with Gasteiger partial charge in [-0.25, -0.2) is 0 Å². The van der Waals surface area contributed by atoms with Crippen LogP contribution in [0.5, 0.6) is 5.75 Å². The lowest BCUT2D eigenvalue weighted by molar-refractivity contribution is -0.129. The van der Waals surface area contributed by atoms with E-state index < -0.39 is 0 Å². The standard InChI is InChI=1S/C20H30BrNO2/c1-13(2)17-7-5-14(3)11-18(17)20(23)22-10-9-15-12-16(21)6-8-19(15)24-4/h6,8,12-14,17-18H,5,7,9-11H2,1-4H3,(H,22,23)/t14-,17+,18-/m1/s1. The largest absolute Gasteiger partial charge is 0.496 e. The fourth-order valence-electron chi connectivity index (χ4n) is 3.90. The summed E-state index contributed by atoms with van der Waals surface area (Å²) in [5, 5.41) is 3.17. The molecule has 2 rings (SSSR count). The van der Waals surface area contributed by atoms with Crippen LogP contribution in [0, 0.1) is 23.7 Å². The molecule has 1 N–H and O–H groups in total. The molecule has 1 aliphatic rings. The number of benzene rings is 1. The Bertz CT molecular complexity index is 559. The van der Waals surface area contributed by atoms with E-state index in [0.29, 0.717) is 24.3 Å². The summed E-state index contributed by atoms with van der Waals surface area (Å²) in [6, 6.07) is 5.99. The second kappa shape index (κ2) is 8.89. The topological polar surface area (TPSA) is 38.3 Å². The zero-order valence-electron chi connectivity index (χ0n) is 15.3. The molecule has 3 nitrogen and oxygen atoms in total. The Morgan fingerprint density at radius 1 is 1.38 bits per heavy atom. The van der Waals surface area contributed by atoms with Gasteiger partial charge >= 0.3 is 0 Å². The van der Waals surface area contributed by atoms with E-state index in [1.165, 1.54) is 12.8 Å². The van der Waals surface area contributed by atoms with Gasteiger partial charge in [-0.15, -0.1) is 0 Å². The molecule has 1 saturated carbocycles. The van der Waals surface area contributed by atoms with Gasteiger partial charge in [0.25, 0.3) is 0 Å². The summed E-state index contributed by atoms with van der Waals surface area (Å²) in [6.07, 6.45) is 4.23. The molecule has 0 spiro atoms. The molecule has 0 saturated heterocycles. The first-order valence-electron chi connectivity index (χ1n) is 9.02. The van der Waals surface area contributed by atoms with Gasteiger partial charge in [-0.2, -0.15) is 0 Å². The molecule has 1 aromatic carbocycles. The maximum atomic E-state index is 12.7. The van der Waals surface area contributed by atoms with Gasteiger partial charge in [0.15, 0.2) is 0 Å². The third-order valence-corrected chi connectivity index (χ3v) is 5.79. The molecule has 0 unspecified atom stereocenters. The van der Waals surface area contributed by atoms with Crippen LogP contribution < -0.4 is 10.1 Å². The van der Waals surface area contributed by atoms with Gasteiger partial charge in [-0.1, -0.05) is 43.1 Å². The molecule has 24 heavy (non-hydrogen) atoms. The van der Waals surface area contributed by atoms with E-state index in [4.69, 9.17) is 4.74 Å². The Hall–Kier alpha value is -1.03. The molecule has 0 aromatic heterocycles. The lowest BCUT2D eigenvalue weighted by Crippen LogP contribution is -2.40. The molecule has 1 amide bonds. The van der Waals surface area contributed by atoms with Crippen LogP contribution >= 0.6 is 15.9 Å². The van der Waals surface area contributed by atoms with Crippen molar-refractivity contribution < 1.29 is 9.53 Å². The minimum Gasteiger partial charge on any atom is -0.496 e. The van der Waals surface area contributed by atoms with Crippen molar-refractivity contribution in [3.05, 3.63) is 28.2 Å². The van der Waals surface area contributed by atoms with Crippen LogP contribution in [0.25, 0.3) is 0 Å². The van der Waals surface area contributed by atoms with Gasteiger partial charge in [-0.05, 0) is 60.8 Å². The van der Waals surface area contributed by atoms with Crippen molar-refractivity contribution in [2.75, 3.05) is 13.7 Å². The summed E-state index contributed by atoms with van der Waals surface area (Å²) in [5.41, 5.74) is 1.12. The van der Waals surface area contributed by atoms with Crippen LogP contribution in [0.15, 0.2) is 22.7 Å². The summed E-state index contributed by atoms with van der Waals surface area (Å²) in [7, 11) is 1.68. The second-order valence-electron chi connectivity index (χ2n) is 7.43. The van der Waals surface area contributed by atoms with Crippen LogP contribution in [0.1, 0.15) is 45.6 Å². The molecular formula is C20H30BrNO2. The smallest absolute Gasteiger partial charge is 0.223 e. The van der Waals surface area contributed by atoms with Gasteiger partial charge in [0.1, 0.15) is 5.75 Å². The molecule has 3 atom stereocenters. The third kappa shape index (κ3) is 4.98. The number of amides is 1. The van der Waals surface area contributed by atoms with E-state index in [1.807, 2.05) is 12.1 Å². The molecule has 1 aliphatic carbocycles. The van der Waals surface area contributed by atoms with E-state index in [-0.39, 0.29) is 11.8 Å². The predicted molar refractivity (Wildman–Crippen MR) is 102 cm³/mol. The fourth-order valence-corrected chi connectivity index (χ4v) is 4.31. The fraction of sp³-hybridized carbons (Fsp3) is 0.650. The number of carbonyl (C=O) groups is 1. The van der Waals surface area contributed by atoms with E-state index in [0.717, 1.165) is 28.6 Å². The number of rotatable bonds is 6. The van der Waals surface area contributed by atoms with E-state index in [1.54, 1.807) is 7.11 Å². The molecule has 0 heterocycles. The molecule has 4 heteroatoms. The van der Waals surface area contributed by atoms with E-state index in [2.05, 4.69) is 48.1 Å². The predicted octanol–water partition coefficient (Wildman–Crippen LogP) is 4.82. The van der Waals surface area contributed by atoms with Crippen molar-refractivity contribution >= 4 is 21.8 Å². The van der Waals surface area contributed by atoms with Gasteiger partial charge in [0.05, 0.1) is 7.11 Å². The molecule has 134 valence electrons. The average Bonchev–Trinajstić information content (AvgIpc) is 2.54. The molecule has 0 aliphatic heterocycles. The molecule has 0 radical (unpaired) electrons. The molecule has 1 fully saturated rings. The zero-order valence-corrected chi connectivity index (χ0v) is 16.9. The molecular weight excluding hydrogens is 366 g/mol. The number of hydrogen-bond acceptors (Lipinski definition) is 2. The SMILES string of the molecule is COc1ccc(Br)cc1CCNC(=O)[C@@H]1C[C@H](C)CC[C@H]1C(C)C. The Morgan fingerprint density at radius 3 is 2.79 bits per heavy atom. The first-order chi connectivity index (χ1) is 11.4. The first-order valence-corrected chi connectivity index (χ1v) is 9.81. The van der Waals surface area contributed by atoms with Gasteiger partial charge in [-0.3, -0.25) is 4.79 Å². The summed E-state index contributed by atoms with van der Waals surface area (Å²) < 4.78 is 6.44. The summed E-state index contributed by atoms with van der Waals surface area (Å²) in [6.45, 7) is 7.41. The summed E-state index contributed by atoms with van der Waals surface area (Å²) in [5.74, 6) is 3.01. The minimum atomic E-state index is 0.165. The Labute approximate surface area is 154 Å². The van der Waals surface area contributed by atoms with Gasteiger partial charge in [0.2, 0.25) is 5.91 Å². The Kier molecular flexibility index (Phi) is 7.15. The Balaban J connectivity index is 1.93. The quantitative estimate of drug-likeness (QED) is 0.748. The summed E-state index contributed by atoms with van der Waals surface area (Å²) >= 11 is 3.50. The second-order valence-corrected chi connectivity index (χ2v) is 8.35. The zero-order chi connectivity index (χ0) is 17.7. The maximum Gasteiger partial charge on any atom is 0.223 e. The van der Waals surface area contributed by atoms with Crippen LogP contribution in [0.4, 0.5) is 0 Å². The van der Waals surface area contributed by atoms with Crippen molar-refractivity contribution in [1.29, 1.82) is 0 Å². The number of nitrogens with one attached hydrogen (secondary N) is 1. The van der Waals surface area contributed by atoms with Crippen LogP contribution in [0.2, 0.25) is 0 Å². The Morgan fingerprint density at radius 2 is 2.12 bits per heavy atom. The van der Waals surface area contributed by atoms with Crippen molar-refractivity contribution in [3.8, 4) is 5.75 Å². The van der Waals surface area contributed by atoms with Crippen molar-refractivity contribution in [1.82, 2.24) is 5.32 Å². The number of hydrogen-bond donors (Lipinski definition) is 1. The van der Waals surface area contributed by atoms with Gasteiger partial charge in [0, 0.05) is 16.9 Å². The van der Waals surface area contributed by atoms with Crippen molar-refractivity contribution in [2.45, 2.75) is 46.5 Å². The van der Waals surface area contributed by atoms with Crippen LogP contribution in [0.3, 0.4) is 0 Å². The van der Waals surface area contributed by atoms with Crippen LogP contribution in [-0.2, 0) is 11.2 Å². The average molecular weight is 396 g/mol. The molecule has 1 aromatic rings. The van der Waals surface area contributed by atoms with Crippen molar-refractivity contribution in [2.24, 2.45) is 23.7 Å². The lowest BCUT2D eigenvalue weighted by atomic mass is 9.70. The van der Waals surface area contributed by atoms with Crippen molar-refractivity contribution in [3.63, 3.8) is 0 Å². The first kappa shape index (κ1) is 19.3. The number of ether oxygens (including phenoxy) is 1. The number of halogens is 1. The monoisotopic (exact) mass is 395 g/mol. The molecule has 0 bridgehead atoms. The lowest BCUT2D eigenvalue weighted by Gasteiger charge is -2.36. The van der Waals surface area contributed by atoms with Gasteiger partial charge < -0.3 is 10.1 Å². The highest BCUT2D eigenvalue weighted by Gasteiger charge is 2.35. The minimum absolute atomic E-state index is 0.165. The van der Waals surface area contributed by atoms with E-state index in [9.17, 15) is 4.79 Å².